The van der Waals surface area contributed by atoms with Gasteiger partial charge in [-0.1, -0.05) is 24.3 Å². The van der Waals surface area contributed by atoms with Crippen LogP contribution in [0.15, 0.2) is 60.8 Å². The van der Waals surface area contributed by atoms with Gasteiger partial charge in [0.15, 0.2) is 0 Å². The summed E-state index contributed by atoms with van der Waals surface area (Å²) in [5.74, 6) is -0.180. The summed E-state index contributed by atoms with van der Waals surface area (Å²) in [6, 6.07) is 17.3. The fourth-order valence-electron chi connectivity index (χ4n) is 3.35. The van der Waals surface area contributed by atoms with E-state index in [0.717, 1.165) is 43.9 Å². The molecule has 0 saturated carbocycles. The third-order valence-electron chi connectivity index (χ3n) is 4.67. The summed E-state index contributed by atoms with van der Waals surface area (Å²) in [5.41, 5.74) is 3.48. The van der Waals surface area contributed by atoms with E-state index in [4.69, 9.17) is 0 Å². The standard InChI is InChI=1S/C20H20FN3.BrH/c21-18-6-8-19(9-7-18)24-13-11-23(12-14-24)15-17-4-1-3-16-5-2-10-22-20(16)17;/h1-10H,11-15H2;1H. The first-order chi connectivity index (χ1) is 11.8. The van der Waals surface area contributed by atoms with Gasteiger partial charge in [0.05, 0.1) is 5.52 Å². The van der Waals surface area contributed by atoms with Crippen molar-refractivity contribution in [2.24, 2.45) is 0 Å². The van der Waals surface area contributed by atoms with Crippen LogP contribution in [0.5, 0.6) is 0 Å². The minimum absolute atomic E-state index is 0. The van der Waals surface area contributed by atoms with Gasteiger partial charge in [0.25, 0.3) is 0 Å². The SMILES string of the molecule is Br.Fc1ccc(N2CCN(Cc3cccc4cccnc34)CC2)cc1. The molecular weight excluding hydrogens is 381 g/mol. The van der Waals surface area contributed by atoms with Crippen LogP contribution in [0.3, 0.4) is 0 Å². The molecule has 130 valence electrons. The van der Waals surface area contributed by atoms with Crippen molar-refractivity contribution >= 4 is 33.6 Å². The van der Waals surface area contributed by atoms with Crippen molar-refractivity contribution in [3.63, 3.8) is 0 Å². The van der Waals surface area contributed by atoms with E-state index in [1.165, 1.54) is 23.1 Å². The van der Waals surface area contributed by atoms with Gasteiger partial charge in [0, 0.05) is 50.0 Å². The van der Waals surface area contributed by atoms with Gasteiger partial charge in [-0.25, -0.2) is 4.39 Å². The van der Waals surface area contributed by atoms with E-state index in [1.54, 1.807) is 0 Å². The van der Waals surface area contributed by atoms with Crippen molar-refractivity contribution in [3.8, 4) is 0 Å². The fraction of sp³-hybridized carbons (Fsp3) is 0.250. The van der Waals surface area contributed by atoms with Crippen molar-refractivity contribution in [1.29, 1.82) is 0 Å². The topological polar surface area (TPSA) is 19.4 Å². The molecule has 5 heteroatoms. The lowest BCUT2D eigenvalue weighted by Gasteiger charge is -2.36. The Labute approximate surface area is 157 Å². The largest absolute Gasteiger partial charge is 0.369 e. The summed E-state index contributed by atoms with van der Waals surface area (Å²) in [6.45, 7) is 4.85. The highest BCUT2D eigenvalue weighted by Gasteiger charge is 2.18. The van der Waals surface area contributed by atoms with Crippen LogP contribution in [0.1, 0.15) is 5.56 Å². The maximum atomic E-state index is 13.1. The Morgan fingerprint density at radius 1 is 0.880 bits per heavy atom. The number of piperazine rings is 1. The lowest BCUT2D eigenvalue weighted by atomic mass is 10.1. The van der Waals surface area contributed by atoms with Crippen molar-refractivity contribution in [2.75, 3.05) is 31.1 Å². The predicted molar refractivity (Wildman–Crippen MR) is 106 cm³/mol. The zero-order valence-electron chi connectivity index (χ0n) is 13.9. The molecule has 25 heavy (non-hydrogen) atoms. The van der Waals surface area contributed by atoms with Crippen LogP contribution < -0.4 is 4.90 Å². The monoisotopic (exact) mass is 401 g/mol. The lowest BCUT2D eigenvalue weighted by Crippen LogP contribution is -2.46. The van der Waals surface area contributed by atoms with Gasteiger partial charge in [-0.05, 0) is 35.9 Å². The molecule has 1 fully saturated rings. The second-order valence-electron chi connectivity index (χ2n) is 6.23. The molecule has 3 nitrogen and oxygen atoms in total. The van der Waals surface area contributed by atoms with E-state index in [-0.39, 0.29) is 22.8 Å². The number of pyridine rings is 1. The maximum absolute atomic E-state index is 13.1. The molecule has 0 unspecified atom stereocenters. The van der Waals surface area contributed by atoms with Gasteiger partial charge in [0.1, 0.15) is 5.82 Å². The summed E-state index contributed by atoms with van der Waals surface area (Å²) in [7, 11) is 0. The van der Waals surface area contributed by atoms with Crippen LogP contribution in [0.4, 0.5) is 10.1 Å². The summed E-state index contributed by atoms with van der Waals surface area (Å²) >= 11 is 0. The number of hydrogen-bond acceptors (Lipinski definition) is 3. The van der Waals surface area contributed by atoms with Crippen LogP contribution >= 0.6 is 17.0 Å². The Morgan fingerprint density at radius 3 is 2.36 bits per heavy atom. The second-order valence-corrected chi connectivity index (χ2v) is 6.23. The molecular formula is C20H21BrFN3. The average Bonchev–Trinajstić information content (AvgIpc) is 2.63. The van der Waals surface area contributed by atoms with Crippen LogP contribution in [0, 0.1) is 5.82 Å². The molecule has 0 amide bonds. The number of halogens is 2. The van der Waals surface area contributed by atoms with Crippen molar-refractivity contribution in [3.05, 3.63) is 72.2 Å². The molecule has 1 aliphatic rings. The van der Waals surface area contributed by atoms with Gasteiger partial charge < -0.3 is 4.90 Å². The minimum atomic E-state index is -0.180. The Hall–Kier alpha value is -1.98. The van der Waals surface area contributed by atoms with Gasteiger partial charge in [0.2, 0.25) is 0 Å². The van der Waals surface area contributed by atoms with E-state index in [9.17, 15) is 4.39 Å². The molecule has 0 aliphatic carbocycles. The smallest absolute Gasteiger partial charge is 0.123 e. The van der Waals surface area contributed by atoms with Crippen LogP contribution in [-0.4, -0.2) is 36.1 Å². The molecule has 2 heterocycles. The molecule has 0 N–H and O–H groups in total. The highest BCUT2D eigenvalue weighted by atomic mass is 79.9. The average molecular weight is 402 g/mol. The van der Waals surface area contributed by atoms with E-state index < -0.39 is 0 Å². The van der Waals surface area contributed by atoms with Crippen LogP contribution in [0.25, 0.3) is 10.9 Å². The molecule has 1 saturated heterocycles. The second kappa shape index (κ2) is 7.93. The first kappa shape index (κ1) is 17.8. The quantitative estimate of drug-likeness (QED) is 0.652. The number of hydrogen-bond donors (Lipinski definition) is 0. The Bertz CT molecular complexity index is 824. The number of rotatable bonds is 3. The zero-order valence-corrected chi connectivity index (χ0v) is 15.6. The third-order valence-corrected chi connectivity index (χ3v) is 4.67. The van der Waals surface area contributed by atoms with Crippen LogP contribution in [0.2, 0.25) is 0 Å². The van der Waals surface area contributed by atoms with Gasteiger partial charge in [-0.3, -0.25) is 9.88 Å². The predicted octanol–water partition coefficient (Wildman–Crippen LogP) is 4.27. The molecule has 1 aromatic heterocycles. The van der Waals surface area contributed by atoms with E-state index in [2.05, 4.69) is 39.0 Å². The number of para-hydroxylation sites is 1. The fourth-order valence-corrected chi connectivity index (χ4v) is 3.35. The number of fused-ring (bicyclic) bond motifs is 1. The Kier molecular flexibility index (Phi) is 5.66. The molecule has 0 bridgehead atoms. The zero-order chi connectivity index (χ0) is 16.4. The Morgan fingerprint density at radius 2 is 1.60 bits per heavy atom. The number of nitrogens with zero attached hydrogens (tertiary/aromatic N) is 3. The Balaban J connectivity index is 0.00000182. The van der Waals surface area contributed by atoms with E-state index >= 15 is 0 Å². The number of aromatic nitrogens is 1. The number of anilines is 1. The summed E-state index contributed by atoms with van der Waals surface area (Å²) in [6.07, 6.45) is 1.86. The summed E-state index contributed by atoms with van der Waals surface area (Å²) in [5, 5.41) is 1.19. The molecule has 4 rings (SSSR count). The van der Waals surface area contributed by atoms with Gasteiger partial charge in [-0.15, -0.1) is 17.0 Å². The maximum Gasteiger partial charge on any atom is 0.123 e. The van der Waals surface area contributed by atoms with E-state index in [0.29, 0.717) is 0 Å². The third kappa shape index (κ3) is 3.99. The minimum Gasteiger partial charge on any atom is -0.369 e. The normalized spacial score (nSPS) is 15.2. The molecule has 0 radical (unpaired) electrons. The molecule has 0 atom stereocenters. The van der Waals surface area contributed by atoms with Gasteiger partial charge >= 0.3 is 0 Å². The highest BCUT2D eigenvalue weighted by molar-refractivity contribution is 8.93. The highest BCUT2D eigenvalue weighted by Crippen LogP contribution is 2.20. The molecule has 1 aliphatic heterocycles. The molecule has 2 aromatic carbocycles. The van der Waals surface area contributed by atoms with Gasteiger partial charge in [-0.2, -0.15) is 0 Å². The lowest BCUT2D eigenvalue weighted by molar-refractivity contribution is 0.250. The van der Waals surface area contributed by atoms with Crippen molar-refractivity contribution in [2.45, 2.75) is 6.54 Å². The first-order valence-corrected chi connectivity index (χ1v) is 8.35. The molecule has 3 aromatic rings. The van der Waals surface area contributed by atoms with Crippen molar-refractivity contribution < 1.29 is 4.39 Å². The van der Waals surface area contributed by atoms with E-state index in [1.807, 2.05) is 24.4 Å². The number of benzene rings is 2. The first-order valence-electron chi connectivity index (χ1n) is 8.35. The molecule has 0 spiro atoms. The summed E-state index contributed by atoms with van der Waals surface area (Å²) in [4.78, 5) is 9.32. The van der Waals surface area contributed by atoms with Crippen LogP contribution in [-0.2, 0) is 6.54 Å². The van der Waals surface area contributed by atoms with Crippen molar-refractivity contribution in [1.82, 2.24) is 9.88 Å². The summed E-state index contributed by atoms with van der Waals surface area (Å²) < 4.78 is 13.1.